The molecule has 2 heterocycles. The molecular weight excluding hydrogens is 484 g/mol. The maximum Gasteiger partial charge on any atom is 0.259 e. The average molecular weight is 519 g/mol. The molecule has 1 aromatic carbocycles. The monoisotopic (exact) mass is 518 g/mol. The van der Waals surface area contributed by atoms with Gasteiger partial charge in [0.1, 0.15) is 29.7 Å². The molecule has 1 amide bonds. The first-order chi connectivity index (χ1) is 17.3. The van der Waals surface area contributed by atoms with Gasteiger partial charge >= 0.3 is 0 Å². The Balaban J connectivity index is 1.88. The quantitative estimate of drug-likeness (QED) is 0.125. The van der Waals surface area contributed by atoms with E-state index < -0.39 is 19.4 Å². The van der Waals surface area contributed by atoms with Gasteiger partial charge in [-0.2, -0.15) is 5.26 Å². The zero-order valence-corrected chi connectivity index (χ0v) is 23.3. The first kappa shape index (κ1) is 27.8. The van der Waals surface area contributed by atoms with Crippen LogP contribution in [0.25, 0.3) is 17.2 Å². The number of nitriles is 1. The normalized spacial score (nSPS) is 12.4. The van der Waals surface area contributed by atoms with E-state index in [1.54, 1.807) is 42.7 Å². The first-order valence-corrected chi connectivity index (χ1v) is 15.8. The van der Waals surface area contributed by atoms with Crippen molar-refractivity contribution in [2.24, 2.45) is 11.1 Å². The van der Waals surface area contributed by atoms with Crippen molar-refractivity contribution in [2.45, 2.75) is 53.2 Å². The van der Waals surface area contributed by atoms with E-state index >= 15 is 0 Å². The maximum atomic E-state index is 13.2. The predicted octanol–water partition coefficient (Wildman–Crippen LogP) is 5.11. The minimum atomic E-state index is -1.21. The summed E-state index contributed by atoms with van der Waals surface area (Å²) >= 11 is 0. The van der Waals surface area contributed by atoms with Crippen LogP contribution in [-0.4, -0.2) is 40.9 Å². The van der Waals surface area contributed by atoms with Crippen LogP contribution in [0.5, 0.6) is 0 Å². The summed E-state index contributed by atoms with van der Waals surface area (Å²) in [6, 6.07) is 9.90. The lowest BCUT2D eigenvalue weighted by atomic mass is 9.87. The van der Waals surface area contributed by atoms with Gasteiger partial charge < -0.3 is 20.4 Å². The second-order valence-electron chi connectivity index (χ2n) is 11.1. The van der Waals surface area contributed by atoms with Crippen molar-refractivity contribution in [3.8, 4) is 6.07 Å². The van der Waals surface area contributed by atoms with Crippen LogP contribution >= 0.6 is 0 Å². The fraction of sp³-hybridized carbons (Fsp3) is 0.370. The number of benzene rings is 1. The minimum Gasteiger partial charge on any atom is -0.365 e. The van der Waals surface area contributed by atoms with Crippen molar-refractivity contribution in [1.82, 2.24) is 14.5 Å². The van der Waals surface area contributed by atoms with E-state index in [0.717, 1.165) is 11.7 Å². The number of nitrogens with two attached hydrogens (primary N) is 1. The number of anilines is 2. The molecule has 0 aliphatic carbocycles. The van der Waals surface area contributed by atoms with Gasteiger partial charge in [0.05, 0.1) is 11.8 Å². The zero-order chi connectivity index (χ0) is 27.4. The summed E-state index contributed by atoms with van der Waals surface area (Å²) in [5.74, 6) is -0.322. The molecule has 0 atom stereocenters. The topological polar surface area (TPSA) is 136 Å². The number of aromatic nitrogens is 3. The lowest BCUT2D eigenvalue weighted by Crippen LogP contribution is -2.22. The highest BCUT2D eigenvalue weighted by Gasteiger charge is 2.28. The van der Waals surface area contributed by atoms with Gasteiger partial charge in [0, 0.05) is 32.0 Å². The Morgan fingerprint density at radius 3 is 2.46 bits per heavy atom. The lowest BCUT2D eigenvalue weighted by Gasteiger charge is -2.16. The molecule has 0 saturated carbocycles. The highest BCUT2D eigenvalue weighted by atomic mass is 28.3. The number of hydrogen-bond donors (Lipinski definition) is 2. The van der Waals surface area contributed by atoms with Gasteiger partial charge in [0.25, 0.3) is 5.91 Å². The third kappa shape index (κ3) is 7.35. The van der Waals surface area contributed by atoms with Crippen LogP contribution in [0.2, 0.25) is 25.7 Å². The number of Topliss-reactive ketones (excluding diaryl/α,β-unsaturated/α-hetero) is 1. The average Bonchev–Trinajstić information content (AvgIpc) is 3.17. The van der Waals surface area contributed by atoms with E-state index in [1.165, 1.54) is 6.08 Å². The third-order valence-corrected chi connectivity index (χ3v) is 7.30. The number of rotatable bonds is 10. The van der Waals surface area contributed by atoms with Crippen molar-refractivity contribution in [3.05, 3.63) is 53.4 Å². The van der Waals surface area contributed by atoms with Gasteiger partial charge in [-0.15, -0.1) is 0 Å². The number of ether oxygens (including phenoxy) is 1. The fourth-order valence-electron chi connectivity index (χ4n) is 3.46. The Morgan fingerprint density at radius 1 is 1.22 bits per heavy atom. The van der Waals surface area contributed by atoms with Crippen molar-refractivity contribution in [2.75, 3.05) is 11.9 Å². The van der Waals surface area contributed by atoms with Gasteiger partial charge in [-0.1, -0.05) is 52.5 Å². The Bertz CT molecular complexity index is 1370. The van der Waals surface area contributed by atoms with Gasteiger partial charge in [0.15, 0.2) is 11.4 Å². The van der Waals surface area contributed by atoms with Crippen LogP contribution in [0.3, 0.4) is 0 Å². The number of nitrogens with one attached hydrogen (secondary N) is 1. The number of ketones is 1. The molecule has 37 heavy (non-hydrogen) atoms. The number of hydrogen-bond acceptors (Lipinski definition) is 7. The number of carbonyl (C=O) groups excluding carboxylic acids is 2. The summed E-state index contributed by atoms with van der Waals surface area (Å²) in [5, 5.41) is 12.2. The predicted molar refractivity (Wildman–Crippen MR) is 148 cm³/mol. The summed E-state index contributed by atoms with van der Waals surface area (Å²) in [6.45, 7) is 13.5. The molecular formula is C27H34N6O3Si. The standard InChI is InChI=1S/C27H34N6O3Si/c1-27(2,3)24(34)21-16-33(17-36-11-12-37(4,5)6)26-23(21)32-22(15-30-26)31-20-9-7-18(8-10-20)13-19(14-28)25(29)35/h7-10,13,15-16H,11-12,17H2,1-6H3,(H2,29,35)(H,31,32)/b19-13-. The Labute approximate surface area is 218 Å². The summed E-state index contributed by atoms with van der Waals surface area (Å²) in [5.41, 5.74) is 7.47. The maximum absolute atomic E-state index is 13.2. The molecule has 3 N–H and O–H groups in total. The summed E-state index contributed by atoms with van der Waals surface area (Å²) in [4.78, 5) is 33.8. The largest absolute Gasteiger partial charge is 0.365 e. The summed E-state index contributed by atoms with van der Waals surface area (Å²) in [6.07, 6.45) is 4.82. The first-order valence-electron chi connectivity index (χ1n) is 12.1. The molecule has 3 rings (SSSR count). The van der Waals surface area contributed by atoms with Crippen LogP contribution in [-0.2, 0) is 16.3 Å². The zero-order valence-electron chi connectivity index (χ0n) is 22.3. The van der Waals surface area contributed by atoms with Crippen LogP contribution in [0.15, 0.2) is 42.2 Å². The smallest absolute Gasteiger partial charge is 0.259 e. The number of primary amides is 1. The van der Waals surface area contributed by atoms with E-state index in [4.69, 9.17) is 20.7 Å². The highest BCUT2D eigenvalue weighted by molar-refractivity contribution is 6.76. The number of fused-ring (bicyclic) bond motifs is 1. The van der Waals surface area contributed by atoms with Gasteiger partial charge in [-0.25, -0.2) is 9.97 Å². The van der Waals surface area contributed by atoms with Gasteiger partial charge in [-0.05, 0) is 29.8 Å². The number of nitrogens with zero attached hydrogens (tertiary/aromatic N) is 4. The SMILES string of the molecule is CC(C)(C)C(=O)c1cn(COCC[Si](C)(C)C)c2ncc(Nc3ccc(/C=C(/C#N)C(N)=O)cc3)nc12. The second kappa shape index (κ2) is 11.1. The molecule has 0 saturated heterocycles. The molecule has 3 aromatic rings. The van der Waals surface area contributed by atoms with Crippen molar-refractivity contribution < 1.29 is 14.3 Å². The molecule has 0 aliphatic rings. The lowest BCUT2D eigenvalue weighted by molar-refractivity contribution is -0.114. The van der Waals surface area contributed by atoms with E-state index in [0.29, 0.717) is 41.4 Å². The molecule has 194 valence electrons. The Kier molecular flexibility index (Phi) is 8.31. The molecule has 2 aromatic heterocycles. The van der Waals surface area contributed by atoms with Crippen LogP contribution in [0.1, 0.15) is 36.7 Å². The molecule has 0 bridgehead atoms. The van der Waals surface area contributed by atoms with Crippen molar-refractivity contribution in [3.63, 3.8) is 0 Å². The highest BCUT2D eigenvalue weighted by Crippen LogP contribution is 2.28. The van der Waals surface area contributed by atoms with E-state index in [2.05, 4.69) is 29.9 Å². The number of carbonyl (C=O) groups is 2. The van der Waals surface area contributed by atoms with Crippen molar-refractivity contribution in [1.29, 1.82) is 5.26 Å². The molecule has 0 spiro atoms. The minimum absolute atomic E-state index is 0.0244. The summed E-state index contributed by atoms with van der Waals surface area (Å²) in [7, 11) is -1.21. The van der Waals surface area contributed by atoms with Crippen LogP contribution in [0, 0.1) is 16.7 Å². The van der Waals surface area contributed by atoms with Gasteiger partial charge in [0.2, 0.25) is 0 Å². The summed E-state index contributed by atoms with van der Waals surface area (Å²) < 4.78 is 7.75. The third-order valence-electron chi connectivity index (χ3n) is 5.60. The van der Waals surface area contributed by atoms with E-state index in [-0.39, 0.29) is 11.4 Å². The number of amides is 1. The fourth-order valence-corrected chi connectivity index (χ4v) is 4.21. The van der Waals surface area contributed by atoms with Gasteiger partial charge in [-0.3, -0.25) is 9.59 Å². The molecule has 0 radical (unpaired) electrons. The van der Waals surface area contributed by atoms with Crippen LogP contribution < -0.4 is 11.1 Å². The van der Waals surface area contributed by atoms with E-state index in [9.17, 15) is 9.59 Å². The molecule has 10 heteroatoms. The molecule has 0 aliphatic heterocycles. The molecule has 0 unspecified atom stereocenters. The molecule has 0 fully saturated rings. The Hall–Kier alpha value is -3.81. The van der Waals surface area contributed by atoms with E-state index in [1.807, 2.05) is 25.3 Å². The second-order valence-corrected chi connectivity index (χ2v) is 16.8. The van der Waals surface area contributed by atoms with Crippen LogP contribution in [0.4, 0.5) is 11.5 Å². The van der Waals surface area contributed by atoms with Crippen molar-refractivity contribution >= 4 is 48.5 Å². The molecule has 9 nitrogen and oxygen atoms in total. The Morgan fingerprint density at radius 2 is 1.89 bits per heavy atom.